The fraction of sp³-hybridized carbons (Fsp3) is 0.692. The topological polar surface area (TPSA) is 34.4 Å². The molecule has 3 heteroatoms. The molecule has 1 rings (SSSR count). The van der Waals surface area contributed by atoms with Crippen LogP contribution in [0.5, 0.6) is 0 Å². The third-order valence-corrected chi connectivity index (χ3v) is 2.61. The van der Waals surface area contributed by atoms with E-state index in [1.54, 1.807) is 0 Å². The van der Waals surface area contributed by atoms with E-state index in [0.29, 0.717) is 12.7 Å². The number of hydrogen-bond acceptors (Lipinski definition) is 3. The Kier molecular flexibility index (Phi) is 5.56. The second-order valence-electron chi connectivity index (χ2n) is 4.26. The van der Waals surface area contributed by atoms with Crippen molar-refractivity contribution in [3.8, 4) is 0 Å². The minimum atomic E-state index is 0.308. The van der Waals surface area contributed by atoms with Crippen molar-refractivity contribution < 1.29 is 9.15 Å². The predicted octanol–water partition coefficient (Wildman–Crippen LogP) is 3.01. The minimum Gasteiger partial charge on any atom is -0.462 e. The van der Waals surface area contributed by atoms with Crippen LogP contribution in [0.25, 0.3) is 0 Å². The molecule has 0 bridgehead atoms. The van der Waals surface area contributed by atoms with Crippen molar-refractivity contribution in [3.63, 3.8) is 0 Å². The highest BCUT2D eigenvalue weighted by atomic mass is 16.5. The van der Waals surface area contributed by atoms with Crippen LogP contribution in [-0.2, 0) is 17.9 Å². The Morgan fingerprint density at radius 1 is 1.50 bits per heavy atom. The SMILES string of the molecule is CCCC(C)OCc1cc(C)c(CNC)o1. The molecule has 1 aromatic heterocycles. The molecule has 0 amide bonds. The first-order valence-electron chi connectivity index (χ1n) is 6.01. The molecule has 0 aliphatic heterocycles. The van der Waals surface area contributed by atoms with Gasteiger partial charge in [0.05, 0.1) is 12.6 Å². The van der Waals surface area contributed by atoms with Crippen molar-refractivity contribution in [1.29, 1.82) is 0 Å². The summed E-state index contributed by atoms with van der Waals surface area (Å²) in [6.45, 7) is 7.69. The van der Waals surface area contributed by atoms with Gasteiger partial charge in [-0.25, -0.2) is 0 Å². The maximum Gasteiger partial charge on any atom is 0.130 e. The van der Waals surface area contributed by atoms with Crippen molar-refractivity contribution in [2.24, 2.45) is 0 Å². The van der Waals surface area contributed by atoms with E-state index < -0.39 is 0 Å². The van der Waals surface area contributed by atoms with Crippen LogP contribution in [0.4, 0.5) is 0 Å². The number of nitrogens with one attached hydrogen (secondary N) is 1. The lowest BCUT2D eigenvalue weighted by atomic mass is 10.2. The van der Waals surface area contributed by atoms with Gasteiger partial charge in [-0.3, -0.25) is 0 Å². The smallest absolute Gasteiger partial charge is 0.130 e. The standard InChI is InChI=1S/C13H23NO2/c1-5-6-11(3)15-9-12-7-10(2)13(16-12)8-14-4/h7,11,14H,5-6,8-9H2,1-4H3. The van der Waals surface area contributed by atoms with Gasteiger partial charge in [-0.15, -0.1) is 0 Å². The maximum absolute atomic E-state index is 5.70. The molecule has 0 aliphatic carbocycles. The lowest BCUT2D eigenvalue weighted by molar-refractivity contribution is 0.0367. The zero-order valence-corrected chi connectivity index (χ0v) is 10.8. The van der Waals surface area contributed by atoms with E-state index in [2.05, 4.69) is 32.2 Å². The molecule has 0 fully saturated rings. The largest absolute Gasteiger partial charge is 0.462 e. The molecule has 1 N–H and O–H groups in total. The molecule has 1 heterocycles. The second kappa shape index (κ2) is 6.71. The molecule has 0 saturated carbocycles. The molecule has 0 aliphatic rings. The molecule has 1 unspecified atom stereocenters. The van der Waals surface area contributed by atoms with Crippen LogP contribution in [-0.4, -0.2) is 13.2 Å². The van der Waals surface area contributed by atoms with Crippen LogP contribution in [0.15, 0.2) is 10.5 Å². The fourth-order valence-corrected chi connectivity index (χ4v) is 1.71. The molecular formula is C13H23NO2. The van der Waals surface area contributed by atoms with E-state index in [0.717, 1.165) is 30.9 Å². The molecule has 1 atom stereocenters. The van der Waals surface area contributed by atoms with Crippen molar-refractivity contribution >= 4 is 0 Å². The summed E-state index contributed by atoms with van der Waals surface area (Å²) < 4.78 is 11.4. The van der Waals surface area contributed by atoms with Crippen molar-refractivity contribution in [1.82, 2.24) is 5.32 Å². The zero-order chi connectivity index (χ0) is 12.0. The Morgan fingerprint density at radius 2 is 2.25 bits per heavy atom. The molecule has 0 saturated heterocycles. The van der Waals surface area contributed by atoms with E-state index in [4.69, 9.17) is 9.15 Å². The number of rotatable bonds is 7. The molecule has 92 valence electrons. The highest BCUT2D eigenvalue weighted by Crippen LogP contribution is 2.16. The van der Waals surface area contributed by atoms with Gasteiger partial charge in [-0.1, -0.05) is 13.3 Å². The Bertz CT molecular complexity index is 307. The third kappa shape index (κ3) is 3.99. The molecule has 0 radical (unpaired) electrons. The van der Waals surface area contributed by atoms with Crippen LogP contribution in [0.1, 0.15) is 43.8 Å². The maximum atomic E-state index is 5.70. The van der Waals surface area contributed by atoms with E-state index in [9.17, 15) is 0 Å². The Balaban J connectivity index is 2.45. The van der Waals surface area contributed by atoms with Gasteiger partial charge in [0.1, 0.15) is 18.1 Å². The van der Waals surface area contributed by atoms with Gasteiger partial charge in [-0.2, -0.15) is 0 Å². The van der Waals surface area contributed by atoms with E-state index in [-0.39, 0.29) is 0 Å². The average molecular weight is 225 g/mol. The summed E-state index contributed by atoms with van der Waals surface area (Å²) in [4.78, 5) is 0. The monoisotopic (exact) mass is 225 g/mol. The second-order valence-corrected chi connectivity index (χ2v) is 4.26. The van der Waals surface area contributed by atoms with E-state index >= 15 is 0 Å². The minimum absolute atomic E-state index is 0.308. The highest BCUT2D eigenvalue weighted by molar-refractivity contribution is 5.19. The Morgan fingerprint density at radius 3 is 2.88 bits per heavy atom. The summed E-state index contributed by atoms with van der Waals surface area (Å²) >= 11 is 0. The van der Waals surface area contributed by atoms with Gasteiger partial charge in [0, 0.05) is 0 Å². The highest BCUT2D eigenvalue weighted by Gasteiger charge is 2.08. The van der Waals surface area contributed by atoms with Crippen LogP contribution in [0.2, 0.25) is 0 Å². The van der Waals surface area contributed by atoms with Gasteiger partial charge < -0.3 is 14.5 Å². The first-order valence-corrected chi connectivity index (χ1v) is 6.01. The van der Waals surface area contributed by atoms with Gasteiger partial charge in [-0.05, 0) is 38.9 Å². The van der Waals surface area contributed by atoms with Crippen LogP contribution in [0, 0.1) is 6.92 Å². The normalized spacial score (nSPS) is 13.0. The van der Waals surface area contributed by atoms with Gasteiger partial charge in [0.15, 0.2) is 0 Å². The lowest BCUT2D eigenvalue weighted by Crippen LogP contribution is -2.07. The number of furan rings is 1. The van der Waals surface area contributed by atoms with Crippen molar-refractivity contribution in [3.05, 3.63) is 23.2 Å². The fourth-order valence-electron chi connectivity index (χ4n) is 1.71. The van der Waals surface area contributed by atoms with Crippen LogP contribution < -0.4 is 5.32 Å². The van der Waals surface area contributed by atoms with Gasteiger partial charge >= 0.3 is 0 Å². The summed E-state index contributed by atoms with van der Waals surface area (Å²) in [6.07, 6.45) is 2.56. The van der Waals surface area contributed by atoms with E-state index in [1.165, 1.54) is 5.56 Å². The van der Waals surface area contributed by atoms with Crippen molar-refractivity contribution in [2.45, 2.75) is 52.9 Å². The number of hydrogen-bond donors (Lipinski definition) is 1. The lowest BCUT2D eigenvalue weighted by Gasteiger charge is -2.09. The van der Waals surface area contributed by atoms with Crippen LogP contribution in [0.3, 0.4) is 0 Å². The molecule has 1 aromatic rings. The Hall–Kier alpha value is -0.800. The summed E-state index contributed by atoms with van der Waals surface area (Å²) in [6, 6.07) is 2.06. The summed E-state index contributed by atoms with van der Waals surface area (Å²) in [5.41, 5.74) is 1.19. The molecule has 3 nitrogen and oxygen atoms in total. The predicted molar refractivity (Wildman–Crippen MR) is 65.4 cm³/mol. The van der Waals surface area contributed by atoms with Crippen LogP contribution >= 0.6 is 0 Å². The van der Waals surface area contributed by atoms with Gasteiger partial charge in [0.25, 0.3) is 0 Å². The molecule has 0 aromatic carbocycles. The summed E-state index contributed by atoms with van der Waals surface area (Å²) in [7, 11) is 1.92. The van der Waals surface area contributed by atoms with E-state index in [1.807, 2.05) is 7.05 Å². The Labute approximate surface area is 98.2 Å². The van der Waals surface area contributed by atoms with Gasteiger partial charge in [0.2, 0.25) is 0 Å². The quantitative estimate of drug-likeness (QED) is 0.774. The first kappa shape index (κ1) is 13.3. The number of aryl methyl sites for hydroxylation is 1. The molecule has 16 heavy (non-hydrogen) atoms. The third-order valence-electron chi connectivity index (χ3n) is 2.61. The number of ether oxygens (including phenoxy) is 1. The summed E-state index contributed by atoms with van der Waals surface area (Å²) in [5, 5.41) is 3.09. The first-order chi connectivity index (χ1) is 7.67. The summed E-state index contributed by atoms with van der Waals surface area (Å²) in [5.74, 6) is 1.93. The molecular weight excluding hydrogens is 202 g/mol. The molecule has 0 spiro atoms. The zero-order valence-electron chi connectivity index (χ0n) is 10.8. The van der Waals surface area contributed by atoms with Crippen molar-refractivity contribution in [2.75, 3.05) is 7.05 Å². The average Bonchev–Trinajstić information content (AvgIpc) is 2.58.